The van der Waals surface area contributed by atoms with Crippen LogP contribution in [0.15, 0.2) is 12.1 Å². The Labute approximate surface area is 178 Å². The molecule has 0 aromatic heterocycles. The Kier molecular flexibility index (Phi) is 5.70. The van der Waals surface area contributed by atoms with Crippen LogP contribution < -0.4 is 14.2 Å². The number of rotatable bonds is 6. The van der Waals surface area contributed by atoms with Gasteiger partial charge in [-0.3, -0.25) is 14.3 Å². The van der Waals surface area contributed by atoms with E-state index < -0.39 is 17.1 Å². The van der Waals surface area contributed by atoms with E-state index in [1.165, 1.54) is 19.2 Å². The Balaban J connectivity index is 1.53. The van der Waals surface area contributed by atoms with Crippen LogP contribution in [0.2, 0.25) is 5.02 Å². The molecule has 4 aliphatic carbocycles. The van der Waals surface area contributed by atoms with Gasteiger partial charge in [0.2, 0.25) is 0 Å². The van der Waals surface area contributed by atoms with Crippen LogP contribution in [0.1, 0.15) is 42.5 Å². The third kappa shape index (κ3) is 3.70. The summed E-state index contributed by atoms with van der Waals surface area (Å²) in [6.07, 6.45) is 4.26. The van der Waals surface area contributed by atoms with Crippen LogP contribution >= 0.6 is 23.7 Å². The van der Waals surface area contributed by atoms with Crippen molar-refractivity contribution in [3.05, 3.63) is 28.5 Å². The Morgan fingerprint density at radius 1 is 1.24 bits per heavy atom. The van der Waals surface area contributed by atoms with Gasteiger partial charge in [-0.2, -0.15) is 0 Å². The molecule has 4 fully saturated rings. The number of methoxy groups -OCH3 is 1. The Morgan fingerprint density at radius 3 is 2.55 bits per heavy atom. The van der Waals surface area contributed by atoms with Gasteiger partial charge in [0.05, 0.1) is 23.1 Å². The molecule has 0 heterocycles. The van der Waals surface area contributed by atoms with E-state index in [-0.39, 0.29) is 40.2 Å². The zero-order valence-corrected chi connectivity index (χ0v) is 17.9. The standard InChI is InChI=1S/C20H24ClFN2O4S/c1-23-29-24-18(25)13-5-14(21)16(6-15(13)22)28-17-11-3-10-4-12(17)9-20(7-10,8-11)19(26)27-2/h5-6,10-12,17,23H,3-4,7-9H2,1-2H3,(H,24,25). The molecule has 1 aromatic rings. The number of hydrogen-bond donors (Lipinski definition) is 2. The third-order valence-corrected chi connectivity index (χ3v) is 7.37. The van der Waals surface area contributed by atoms with Gasteiger partial charge in [0.15, 0.2) is 0 Å². The summed E-state index contributed by atoms with van der Waals surface area (Å²) in [6, 6.07) is 2.48. The second kappa shape index (κ2) is 7.96. The average molecular weight is 443 g/mol. The first kappa shape index (κ1) is 20.8. The lowest BCUT2D eigenvalue weighted by Crippen LogP contribution is -2.58. The Morgan fingerprint density at radius 2 is 1.93 bits per heavy atom. The van der Waals surface area contributed by atoms with E-state index in [0.29, 0.717) is 5.92 Å². The van der Waals surface area contributed by atoms with E-state index >= 15 is 0 Å². The second-order valence-electron chi connectivity index (χ2n) is 8.32. The molecular formula is C20H24ClFN2O4S. The molecule has 6 nitrogen and oxygen atoms in total. The highest BCUT2D eigenvalue weighted by Gasteiger charge is 2.60. The van der Waals surface area contributed by atoms with Gasteiger partial charge in [-0.1, -0.05) is 11.6 Å². The SMILES string of the molecule is CNSNC(=O)c1cc(Cl)c(OC2C3CC4CC2CC(C(=O)OC)(C4)C3)cc1F. The third-order valence-electron chi connectivity index (χ3n) is 6.58. The lowest BCUT2D eigenvalue weighted by Gasteiger charge is -2.58. The number of benzene rings is 1. The summed E-state index contributed by atoms with van der Waals surface area (Å²) in [7, 11) is 3.09. The van der Waals surface area contributed by atoms with Crippen LogP contribution in [0.3, 0.4) is 0 Å². The van der Waals surface area contributed by atoms with Crippen molar-refractivity contribution in [1.82, 2.24) is 9.44 Å². The number of esters is 1. The molecule has 0 aliphatic heterocycles. The zero-order chi connectivity index (χ0) is 20.8. The molecular weight excluding hydrogens is 419 g/mol. The van der Waals surface area contributed by atoms with Crippen molar-refractivity contribution in [2.45, 2.75) is 38.2 Å². The molecule has 4 saturated carbocycles. The van der Waals surface area contributed by atoms with Crippen molar-refractivity contribution in [1.29, 1.82) is 0 Å². The number of nitrogens with one attached hydrogen (secondary N) is 2. The molecule has 158 valence electrons. The fourth-order valence-electron chi connectivity index (χ4n) is 5.73. The van der Waals surface area contributed by atoms with Gasteiger partial charge in [-0.25, -0.2) is 9.11 Å². The largest absolute Gasteiger partial charge is 0.488 e. The predicted octanol–water partition coefficient (Wildman–Crippen LogP) is 3.74. The van der Waals surface area contributed by atoms with E-state index in [1.54, 1.807) is 7.05 Å². The van der Waals surface area contributed by atoms with Gasteiger partial charge in [0.1, 0.15) is 17.7 Å². The summed E-state index contributed by atoms with van der Waals surface area (Å²) in [6.45, 7) is 0. The quantitative estimate of drug-likeness (QED) is 0.516. The monoisotopic (exact) mass is 442 g/mol. The molecule has 1 amide bonds. The fraction of sp³-hybridized carbons (Fsp3) is 0.600. The maximum Gasteiger partial charge on any atom is 0.311 e. The zero-order valence-electron chi connectivity index (χ0n) is 16.3. The summed E-state index contributed by atoms with van der Waals surface area (Å²) in [5.41, 5.74) is -0.535. The number of ether oxygens (including phenoxy) is 2. The van der Waals surface area contributed by atoms with Gasteiger partial charge in [0, 0.05) is 18.2 Å². The number of carbonyl (C=O) groups is 2. The Hall–Kier alpha value is -1.51. The number of hydrogen-bond acceptors (Lipinski definition) is 6. The number of carbonyl (C=O) groups excluding carboxylic acids is 2. The van der Waals surface area contributed by atoms with Crippen molar-refractivity contribution in [2.75, 3.05) is 14.2 Å². The van der Waals surface area contributed by atoms with E-state index in [4.69, 9.17) is 21.1 Å². The molecule has 0 radical (unpaired) electrons. The van der Waals surface area contributed by atoms with Gasteiger partial charge in [-0.05, 0) is 63.0 Å². The van der Waals surface area contributed by atoms with E-state index in [0.717, 1.165) is 44.2 Å². The molecule has 2 unspecified atom stereocenters. The van der Waals surface area contributed by atoms with Crippen LogP contribution in [0.25, 0.3) is 0 Å². The molecule has 4 bridgehead atoms. The van der Waals surface area contributed by atoms with Gasteiger partial charge < -0.3 is 9.47 Å². The fourth-order valence-corrected chi connectivity index (χ4v) is 6.24. The van der Waals surface area contributed by atoms with Crippen molar-refractivity contribution in [3.63, 3.8) is 0 Å². The minimum absolute atomic E-state index is 0.110. The van der Waals surface area contributed by atoms with Crippen molar-refractivity contribution in [2.24, 2.45) is 23.2 Å². The summed E-state index contributed by atoms with van der Waals surface area (Å²) in [5, 5.41) is 0.197. The molecule has 2 N–H and O–H groups in total. The molecule has 9 heteroatoms. The van der Waals surface area contributed by atoms with Crippen LogP contribution in [-0.2, 0) is 9.53 Å². The van der Waals surface area contributed by atoms with E-state index in [9.17, 15) is 14.0 Å². The number of amides is 1. The molecule has 0 saturated heterocycles. The summed E-state index contributed by atoms with van der Waals surface area (Å²) < 4.78 is 31.0. The summed E-state index contributed by atoms with van der Waals surface area (Å²) in [4.78, 5) is 24.5. The molecule has 5 rings (SSSR count). The van der Waals surface area contributed by atoms with Crippen molar-refractivity contribution >= 4 is 35.6 Å². The smallest absolute Gasteiger partial charge is 0.311 e. The van der Waals surface area contributed by atoms with Crippen molar-refractivity contribution < 1.29 is 23.5 Å². The normalized spacial score (nSPS) is 32.1. The van der Waals surface area contributed by atoms with Gasteiger partial charge >= 0.3 is 5.97 Å². The van der Waals surface area contributed by atoms with E-state index in [2.05, 4.69) is 9.44 Å². The van der Waals surface area contributed by atoms with Gasteiger partial charge in [-0.15, -0.1) is 0 Å². The highest BCUT2D eigenvalue weighted by molar-refractivity contribution is 7.96. The molecule has 2 atom stereocenters. The maximum absolute atomic E-state index is 14.5. The first-order valence-corrected chi connectivity index (χ1v) is 10.9. The minimum Gasteiger partial charge on any atom is -0.488 e. The lowest BCUT2D eigenvalue weighted by molar-refractivity contribution is -0.179. The Bertz CT molecular complexity index is 823. The second-order valence-corrected chi connectivity index (χ2v) is 9.55. The van der Waals surface area contributed by atoms with Crippen molar-refractivity contribution in [3.8, 4) is 5.75 Å². The topological polar surface area (TPSA) is 76.7 Å². The first-order valence-electron chi connectivity index (χ1n) is 9.74. The van der Waals surface area contributed by atoms with Crippen LogP contribution in [0.4, 0.5) is 4.39 Å². The summed E-state index contributed by atoms with van der Waals surface area (Å²) >= 11 is 7.27. The number of halogens is 2. The van der Waals surface area contributed by atoms with Crippen LogP contribution in [0, 0.1) is 29.0 Å². The molecule has 0 spiro atoms. The average Bonchev–Trinajstić information content (AvgIpc) is 2.69. The molecule has 29 heavy (non-hydrogen) atoms. The molecule has 1 aromatic carbocycles. The first-order chi connectivity index (χ1) is 13.9. The predicted molar refractivity (Wildman–Crippen MR) is 108 cm³/mol. The highest BCUT2D eigenvalue weighted by Crippen LogP contribution is 2.61. The molecule has 4 aliphatic rings. The van der Waals surface area contributed by atoms with Crippen LogP contribution in [0.5, 0.6) is 5.75 Å². The van der Waals surface area contributed by atoms with Gasteiger partial charge in [0.25, 0.3) is 5.91 Å². The lowest BCUT2D eigenvalue weighted by atomic mass is 9.48. The summed E-state index contributed by atoms with van der Waals surface area (Å²) in [5.74, 6) is -0.197. The van der Waals surface area contributed by atoms with E-state index in [1.807, 2.05) is 0 Å². The maximum atomic E-state index is 14.5. The van der Waals surface area contributed by atoms with Crippen LogP contribution in [-0.4, -0.2) is 32.1 Å². The minimum atomic E-state index is -0.687. The highest BCUT2D eigenvalue weighted by atomic mass is 35.5.